The third-order valence-corrected chi connectivity index (χ3v) is 5.45. The number of benzene rings is 1. The van der Waals surface area contributed by atoms with Gasteiger partial charge in [-0.15, -0.1) is 0 Å². The second-order valence-corrected chi connectivity index (χ2v) is 6.90. The second kappa shape index (κ2) is 6.64. The van der Waals surface area contributed by atoms with Crippen molar-refractivity contribution < 1.29 is 17.9 Å². The van der Waals surface area contributed by atoms with Gasteiger partial charge in [0, 0.05) is 31.5 Å². The van der Waals surface area contributed by atoms with Crippen molar-refractivity contribution in [2.75, 3.05) is 32.5 Å². The van der Waals surface area contributed by atoms with Crippen LogP contribution in [0.2, 0.25) is 0 Å². The predicted molar refractivity (Wildman–Crippen MR) is 80.8 cm³/mol. The zero-order chi connectivity index (χ0) is 15.5. The van der Waals surface area contributed by atoms with E-state index in [0.717, 1.165) is 12.8 Å². The Hall–Kier alpha value is -1.31. The van der Waals surface area contributed by atoms with Crippen LogP contribution in [0, 0.1) is 0 Å². The summed E-state index contributed by atoms with van der Waals surface area (Å²) >= 11 is 0. The zero-order valence-corrected chi connectivity index (χ0v) is 13.2. The van der Waals surface area contributed by atoms with Crippen molar-refractivity contribution in [1.82, 2.24) is 4.31 Å². The van der Waals surface area contributed by atoms with Crippen LogP contribution in [-0.4, -0.2) is 45.6 Å². The van der Waals surface area contributed by atoms with E-state index in [1.54, 1.807) is 6.07 Å². The summed E-state index contributed by atoms with van der Waals surface area (Å²) in [5, 5.41) is 0. The number of nitrogens with zero attached hydrogens (tertiary/aromatic N) is 1. The fourth-order valence-electron chi connectivity index (χ4n) is 2.53. The lowest BCUT2D eigenvalue weighted by Crippen LogP contribution is -2.43. The predicted octanol–water partition coefficient (Wildman–Crippen LogP) is 1.47. The number of sulfonamides is 1. The standard InChI is InChI=1S/C14H22N2O4S/c1-3-20-12-5-4-8-16(10-12)21(17,18)14-7-6-11(15)9-13(14)19-2/h6-7,9,12H,3-5,8,10,15H2,1-2H3. The van der Waals surface area contributed by atoms with Crippen LogP contribution in [-0.2, 0) is 14.8 Å². The Morgan fingerprint density at radius 2 is 2.19 bits per heavy atom. The molecule has 0 aliphatic carbocycles. The molecule has 118 valence electrons. The number of methoxy groups -OCH3 is 1. The molecule has 1 atom stereocenters. The highest BCUT2D eigenvalue weighted by Gasteiger charge is 2.32. The van der Waals surface area contributed by atoms with Gasteiger partial charge < -0.3 is 15.2 Å². The highest BCUT2D eigenvalue weighted by atomic mass is 32.2. The third-order valence-electron chi connectivity index (χ3n) is 3.55. The van der Waals surface area contributed by atoms with Crippen molar-refractivity contribution >= 4 is 15.7 Å². The summed E-state index contributed by atoms with van der Waals surface area (Å²) < 4.78 is 37.7. The largest absolute Gasteiger partial charge is 0.495 e. The van der Waals surface area contributed by atoms with Gasteiger partial charge in [0.2, 0.25) is 10.0 Å². The van der Waals surface area contributed by atoms with Gasteiger partial charge in [-0.1, -0.05) is 0 Å². The van der Waals surface area contributed by atoms with Gasteiger partial charge in [-0.25, -0.2) is 8.42 Å². The van der Waals surface area contributed by atoms with Gasteiger partial charge in [-0.05, 0) is 31.9 Å². The SMILES string of the molecule is CCOC1CCCN(S(=O)(=O)c2ccc(N)cc2OC)C1. The molecule has 2 N–H and O–H groups in total. The lowest BCUT2D eigenvalue weighted by Gasteiger charge is -2.32. The van der Waals surface area contributed by atoms with Gasteiger partial charge in [-0.2, -0.15) is 4.31 Å². The van der Waals surface area contributed by atoms with Gasteiger partial charge in [0.15, 0.2) is 0 Å². The van der Waals surface area contributed by atoms with Crippen molar-refractivity contribution in [3.8, 4) is 5.75 Å². The van der Waals surface area contributed by atoms with Gasteiger partial charge in [0.1, 0.15) is 10.6 Å². The normalized spacial score (nSPS) is 20.4. The maximum absolute atomic E-state index is 12.8. The van der Waals surface area contributed by atoms with Gasteiger partial charge in [0.25, 0.3) is 0 Å². The van der Waals surface area contributed by atoms with E-state index < -0.39 is 10.0 Å². The molecule has 0 bridgehead atoms. The van der Waals surface area contributed by atoms with Crippen molar-refractivity contribution in [2.45, 2.75) is 30.8 Å². The topological polar surface area (TPSA) is 81.9 Å². The minimum Gasteiger partial charge on any atom is -0.495 e. The van der Waals surface area contributed by atoms with E-state index in [0.29, 0.717) is 25.4 Å². The van der Waals surface area contributed by atoms with Crippen LogP contribution in [0.25, 0.3) is 0 Å². The molecular formula is C14H22N2O4S. The molecule has 0 saturated carbocycles. The number of anilines is 1. The summed E-state index contributed by atoms with van der Waals surface area (Å²) in [7, 11) is -2.16. The van der Waals surface area contributed by atoms with Crippen LogP contribution < -0.4 is 10.5 Å². The Bertz CT molecular complexity index is 587. The first kappa shape index (κ1) is 16.1. The summed E-state index contributed by atoms with van der Waals surface area (Å²) in [5.74, 6) is 0.272. The first-order valence-corrected chi connectivity index (χ1v) is 8.48. The van der Waals surface area contributed by atoms with Crippen molar-refractivity contribution in [1.29, 1.82) is 0 Å². The zero-order valence-electron chi connectivity index (χ0n) is 12.4. The van der Waals surface area contributed by atoms with E-state index in [4.69, 9.17) is 15.2 Å². The van der Waals surface area contributed by atoms with Gasteiger partial charge >= 0.3 is 0 Å². The van der Waals surface area contributed by atoms with Gasteiger partial charge in [-0.3, -0.25) is 0 Å². The molecule has 0 amide bonds. The molecule has 1 aliphatic heterocycles. The Balaban J connectivity index is 2.29. The number of hydrogen-bond donors (Lipinski definition) is 1. The first-order chi connectivity index (χ1) is 9.98. The minimum atomic E-state index is -3.60. The number of nitrogen functional groups attached to an aromatic ring is 1. The molecule has 21 heavy (non-hydrogen) atoms. The lowest BCUT2D eigenvalue weighted by atomic mass is 10.1. The summed E-state index contributed by atoms with van der Waals surface area (Å²) in [6.07, 6.45) is 1.64. The molecule has 1 unspecified atom stereocenters. The molecule has 7 heteroatoms. The molecule has 1 aromatic carbocycles. The molecule has 2 rings (SSSR count). The average Bonchev–Trinajstić information content (AvgIpc) is 2.47. The van der Waals surface area contributed by atoms with Gasteiger partial charge in [0.05, 0.1) is 13.2 Å². The Labute approximate surface area is 125 Å². The summed E-state index contributed by atoms with van der Waals surface area (Å²) in [5.41, 5.74) is 6.15. The highest BCUT2D eigenvalue weighted by molar-refractivity contribution is 7.89. The molecule has 0 spiro atoms. The number of nitrogens with two attached hydrogens (primary N) is 1. The number of ether oxygens (including phenoxy) is 2. The molecular weight excluding hydrogens is 292 g/mol. The van der Waals surface area contributed by atoms with Crippen molar-refractivity contribution in [3.63, 3.8) is 0 Å². The maximum Gasteiger partial charge on any atom is 0.246 e. The van der Waals surface area contributed by atoms with Crippen molar-refractivity contribution in [3.05, 3.63) is 18.2 Å². The third kappa shape index (κ3) is 3.48. The molecule has 1 heterocycles. The number of rotatable bonds is 5. The first-order valence-electron chi connectivity index (χ1n) is 7.04. The van der Waals surface area contributed by atoms with E-state index in [1.165, 1.54) is 23.5 Å². The summed E-state index contributed by atoms with van der Waals surface area (Å²) in [6, 6.07) is 4.59. The van der Waals surface area contributed by atoms with Crippen LogP contribution in [0.5, 0.6) is 5.75 Å². The lowest BCUT2D eigenvalue weighted by molar-refractivity contribution is 0.0265. The number of piperidine rings is 1. The molecule has 0 aromatic heterocycles. The molecule has 1 saturated heterocycles. The van der Waals surface area contributed by atoms with E-state index in [-0.39, 0.29) is 16.7 Å². The van der Waals surface area contributed by atoms with E-state index in [9.17, 15) is 8.42 Å². The van der Waals surface area contributed by atoms with Crippen LogP contribution in [0.15, 0.2) is 23.1 Å². The molecule has 1 aromatic rings. The van der Waals surface area contributed by atoms with E-state index >= 15 is 0 Å². The Morgan fingerprint density at radius 1 is 1.43 bits per heavy atom. The average molecular weight is 314 g/mol. The monoisotopic (exact) mass is 314 g/mol. The number of hydrogen-bond acceptors (Lipinski definition) is 5. The maximum atomic E-state index is 12.8. The summed E-state index contributed by atoms with van der Waals surface area (Å²) in [6.45, 7) is 3.38. The minimum absolute atomic E-state index is 0.0432. The molecule has 1 fully saturated rings. The van der Waals surface area contributed by atoms with Crippen molar-refractivity contribution in [2.24, 2.45) is 0 Å². The fourth-order valence-corrected chi connectivity index (χ4v) is 4.18. The van der Waals surface area contributed by atoms with E-state index in [2.05, 4.69) is 0 Å². The summed E-state index contributed by atoms with van der Waals surface area (Å²) in [4.78, 5) is 0.149. The van der Waals surface area contributed by atoms with Crippen LogP contribution in [0.4, 0.5) is 5.69 Å². The Morgan fingerprint density at radius 3 is 2.86 bits per heavy atom. The van der Waals surface area contributed by atoms with Crippen LogP contribution in [0.3, 0.4) is 0 Å². The van der Waals surface area contributed by atoms with Crippen LogP contribution >= 0.6 is 0 Å². The smallest absolute Gasteiger partial charge is 0.246 e. The van der Waals surface area contributed by atoms with E-state index in [1.807, 2.05) is 6.92 Å². The molecule has 1 aliphatic rings. The van der Waals surface area contributed by atoms with Crippen LogP contribution in [0.1, 0.15) is 19.8 Å². The highest BCUT2D eigenvalue weighted by Crippen LogP contribution is 2.30. The fraction of sp³-hybridized carbons (Fsp3) is 0.571. The Kier molecular flexibility index (Phi) is 5.08. The molecule has 6 nitrogen and oxygen atoms in total. The quantitative estimate of drug-likeness (QED) is 0.832. The second-order valence-electron chi connectivity index (χ2n) is 4.99. The molecule has 0 radical (unpaired) electrons.